The Hall–Kier alpha value is -3.42. The zero-order valence-corrected chi connectivity index (χ0v) is 17.1. The van der Waals surface area contributed by atoms with Crippen LogP contribution in [0.5, 0.6) is 0 Å². The van der Waals surface area contributed by atoms with Crippen LogP contribution < -0.4 is 21.3 Å². The molecule has 0 saturated heterocycles. The Balaban J connectivity index is 1.45. The molecule has 0 aliphatic carbocycles. The van der Waals surface area contributed by atoms with Gasteiger partial charge in [-0.25, -0.2) is 4.39 Å². The first kappa shape index (κ1) is 21.3. The molecule has 3 rings (SSSR count). The Morgan fingerprint density at radius 1 is 1.17 bits per heavy atom. The van der Waals surface area contributed by atoms with Gasteiger partial charge in [0.2, 0.25) is 5.91 Å². The SMILES string of the molecule is CN=C(NCCNC(=O)c1ccc(C)c(F)c1)NCC1CC(=O)Nc2ccccc21. The van der Waals surface area contributed by atoms with Crippen molar-refractivity contribution in [3.05, 3.63) is 65.0 Å². The number of nitrogens with zero attached hydrogens (tertiary/aromatic N) is 1. The summed E-state index contributed by atoms with van der Waals surface area (Å²) in [5, 5.41) is 12.0. The maximum atomic E-state index is 13.6. The number of rotatable bonds is 6. The Bertz CT molecular complexity index is 960. The second-order valence-electron chi connectivity index (χ2n) is 7.14. The van der Waals surface area contributed by atoms with E-state index in [1.54, 1.807) is 26.1 Å². The average Bonchev–Trinajstić information content (AvgIpc) is 2.74. The normalized spacial score (nSPS) is 15.8. The largest absolute Gasteiger partial charge is 0.356 e. The van der Waals surface area contributed by atoms with E-state index in [0.29, 0.717) is 37.6 Å². The molecule has 1 atom stereocenters. The highest BCUT2D eigenvalue weighted by atomic mass is 19.1. The van der Waals surface area contributed by atoms with E-state index in [4.69, 9.17) is 0 Å². The third-order valence-corrected chi connectivity index (χ3v) is 4.98. The number of anilines is 1. The van der Waals surface area contributed by atoms with Crippen LogP contribution in [0.1, 0.15) is 33.8 Å². The lowest BCUT2D eigenvalue weighted by Gasteiger charge is -2.26. The molecule has 1 heterocycles. The molecule has 30 heavy (non-hydrogen) atoms. The summed E-state index contributed by atoms with van der Waals surface area (Å²) >= 11 is 0. The number of hydrogen-bond acceptors (Lipinski definition) is 3. The van der Waals surface area contributed by atoms with Crippen molar-refractivity contribution in [1.29, 1.82) is 0 Å². The maximum absolute atomic E-state index is 13.6. The predicted octanol–water partition coefficient (Wildman–Crippen LogP) is 2.15. The summed E-state index contributed by atoms with van der Waals surface area (Å²) in [5.41, 5.74) is 2.73. The molecule has 0 bridgehead atoms. The van der Waals surface area contributed by atoms with Gasteiger partial charge in [-0.3, -0.25) is 14.6 Å². The molecule has 1 unspecified atom stereocenters. The first-order chi connectivity index (χ1) is 14.5. The molecular formula is C22H26FN5O2. The number of benzene rings is 2. The van der Waals surface area contributed by atoms with Crippen LogP contribution in [-0.4, -0.2) is 44.5 Å². The van der Waals surface area contributed by atoms with Gasteiger partial charge in [-0.05, 0) is 36.2 Å². The zero-order valence-electron chi connectivity index (χ0n) is 17.1. The first-order valence-corrected chi connectivity index (χ1v) is 9.85. The van der Waals surface area contributed by atoms with Crippen LogP contribution in [0.3, 0.4) is 0 Å². The Morgan fingerprint density at radius 3 is 2.70 bits per heavy atom. The van der Waals surface area contributed by atoms with Gasteiger partial charge in [0.25, 0.3) is 5.91 Å². The topological polar surface area (TPSA) is 94.6 Å². The van der Waals surface area contributed by atoms with Crippen molar-refractivity contribution in [3.8, 4) is 0 Å². The molecule has 0 fully saturated rings. The van der Waals surface area contributed by atoms with Crippen molar-refractivity contribution in [2.45, 2.75) is 19.3 Å². The summed E-state index contributed by atoms with van der Waals surface area (Å²) < 4.78 is 13.6. The summed E-state index contributed by atoms with van der Waals surface area (Å²) in [4.78, 5) is 28.2. The van der Waals surface area contributed by atoms with E-state index in [1.165, 1.54) is 6.07 Å². The molecule has 7 nitrogen and oxygen atoms in total. The number of guanidine groups is 1. The molecule has 158 valence electrons. The second-order valence-corrected chi connectivity index (χ2v) is 7.14. The summed E-state index contributed by atoms with van der Waals surface area (Å²) in [7, 11) is 1.66. The third kappa shape index (κ3) is 5.34. The Kier molecular flexibility index (Phi) is 7.00. The molecule has 4 N–H and O–H groups in total. The number of fused-ring (bicyclic) bond motifs is 1. The molecule has 0 aromatic heterocycles. The average molecular weight is 411 g/mol. The smallest absolute Gasteiger partial charge is 0.251 e. The first-order valence-electron chi connectivity index (χ1n) is 9.85. The fraction of sp³-hybridized carbons (Fsp3) is 0.318. The fourth-order valence-corrected chi connectivity index (χ4v) is 3.32. The van der Waals surface area contributed by atoms with Crippen LogP contribution in [0, 0.1) is 12.7 Å². The monoisotopic (exact) mass is 411 g/mol. The lowest BCUT2D eigenvalue weighted by Crippen LogP contribution is -2.43. The van der Waals surface area contributed by atoms with E-state index in [-0.39, 0.29) is 23.3 Å². The van der Waals surface area contributed by atoms with Gasteiger partial charge in [-0.2, -0.15) is 0 Å². The zero-order chi connectivity index (χ0) is 21.5. The van der Waals surface area contributed by atoms with E-state index in [0.717, 1.165) is 11.3 Å². The van der Waals surface area contributed by atoms with Crippen LogP contribution in [-0.2, 0) is 4.79 Å². The Labute approximate surface area is 175 Å². The number of amides is 2. The van der Waals surface area contributed by atoms with Crippen LogP contribution >= 0.6 is 0 Å². The van der Waals surface area contributed by atoms with E-state index in [2.05, 4.69) is 26.3 Å². The van der Waals surface area contributed by atoms with Crippen LogP contribution in [0.25, 0.3) is 0 Å². The molecule has 1 aliphatic rings. The maximum Gasteiger partial charge on any atom is 0.251 e. The van der Waals surface area contributed by atoms with Gasteiger partial charge in [0.05, 0.1) is 0 Å². The Morgan fingerprint density at radius 2 is 1.93 bits per heavy atom. The number of para-hydroxylation sites is 1. The van der Waals surface area contributed by atoms with Crippen molar-refractivity contribution >= 4 is 23.5 Å². The third-order valence-electron chi connectivity index (χ3n) is 4.98. The minimum absolute atomic E-state index is 0.00120. The van der Waals surface area contributed by atoms with Crippen LogP contribution in [0.15, 0.2) is 47.5 Å². The van der Waals surface area contributed by atoms with Crippen molar-refractivity contribution in [2.24, 2.45) is 4.99 Å². The van der Waals surface area contributed by atoms with Crippen molar-refractivity contribution in [3.63, 3.8) is 0 Å². The summed E-state index contributed by atoms with van der Waals surface area (Å²) in [5.74, 6) is -0.107. The van der Waals surface area contributed by atoms with Crippen LogP contribution in [0.2, 0.25) is 0 Å². The van der Waals surface area contributed by atoms with Gasteiger partial charge in [0, 0.05) is 50.3 Å². The molecule has 0 saturated carbocycles. The fourth-order valence-electron chi connectivity index (χ4n) is 3.32. The van der Waals surface area contributed by atoms with Gasteiger partial charge in [-0.1, -0.05) is 24.3 Å². The summed E-state index contributed by atoms with van der Waals surface area (Å²) in [6.07, 6.45) is 0.407. The van der Waals surface area contributed by atoms with Crippen molar-refractivity contribution < 1.29 is 14.0 Å². The molecule has 2 aromatic carbocycles. The lowest BCUT2D eigenvalue weighted by atomic mass is 9.90. The highest BCUT2D eigenvalue weighted by Crippen LogP contribution is 2.31. The number of hydrogen-bond donors (Lipinski definition) is 4. The molecule has 8 heteroatoms. The van der Waals surface area contributed by atoms with Gasteiger partial charge in [0.15, 0.2) is 5.96 Å². The highest BCUT2D eigenvalue weighted by Gasteiger charge is 2.24. The van der Waals surface area contributed by atoms with Gasteiger partial charge < -0.3 is 21.3 Å². The molecule has 0 radical (unpaired) electrons. The van der Waals surface area contributed by atoms with E-state index in [1.807, 2.05) is 24.3 Å². The number of aryl methyl sites for hydroxylation is 1. The number of carbonyl (C=O) groups excluding carboxylic acids is 2. The highest BCUT2D eigenvalue weighted by molar-refractivity contribution is 5.95. The number of aliphatic imine (C=N–C) groups is 1. The van der Waals surface area contributed by atoms with Gasteiger partial charge in [-0.15, -0.1) is 0 Å². The van der Waals surface area contributed by atoms with Crippen molar-refractivity contribution in [2.75, 3.05) is 32.0 Å². The number of carbonyl (C=O) groups is 2. The summed E-state index contributed by atoms with van der Waals surface area (Å²) in [6, 6.07) is 12.2. The van der Waals surface area contributed by atoms with Crippen molar-refractivity contribution in [1.82, 2.24) is 16.0 Å². The van der Waals surface area contributed by atoms with E-state index >= 15 is 0 Å². The minimum atomic E-state index is -0.400. The number of halogens is 1. The van der Waals surface area contributed by atoms with Crippen LogP contribution in [0.4, 0.5) is 10.1 Å². The molecule has 1 aliphatic heterocycles. The van der Waals surface area contributed by atoms with Gasteiger partial charge >= 0.3 is 0 Å². The quantitative estimate of drug-likeness (QED) is 0.333. The molecule has 2 aromatic rings. The molecule has 0 spiro atoms. The summed E-state index contributed by atoms with van der Waals surface area (Å²) in [6.45, 7) is 3.00. The predicted molar refractivity (Wildman–Crippen MR) is 115 cm³/mol. The van der Waals surface area contributed by atoms with E-state index in [9.17, 15) is 14.0 Å². The molecular weight excluding hydrogens is 385 g/mol. The minimum Gasteiger partial charge on any atom is -0.356 e. The molecule has 2 amide bonds. The van der Waals surface area contributed by atoms with Gasteiger partial charge in [0.1, 0.15) is 5.82 Å². The standard InChI is InChI=1S/C22H26FN5O2/c1-14-7-8-15(11-18(14)23)21(30)25-9-10-26-22(24-2)27-13-16-12-20(29)28-19-6-4-3-5-17(16)19/h3-8,11,16H,9-10,12-13H2,1-2H3,(H,25,30)(H,28,29)(H2,24,26,27). The van der Waals surface area contributed by atoms with E-state index < -0.39 is 5.82 Å². The number of nitrogens with one attached hydrogen (secondary N) is 4. The second kappa shape index (κ2) is 9.87. The lowest BCUT2D eigenvalue weighted by molar-refractivity contribution is -0.116.